The number of hydrogen-bond acceptors (Lipinski definition) is 3. The van der Waals surface area contributed by atoms with Gasteiger partial charge in [-0.15, -0.1) is 0 Å². The Hall–Kier alpha value is -3.78. The number of nitrogens with two attached hydrogens (primary N) is 1. The van der Waals surface area contributed by atoms with E-state index in [1.165, 1.54) is 4.68 Å². The van der Waals surface area contributed by atoms with Crippen LogP contribution in [0.25, 0.3) is 27.4 Å². The molecule has 1 aromatic heterocycles. The number of nitrogens with zero attached hydrogens (tertiary/aromatic N) is 5. The number of rotatable bonds is 7. The number of amides is 1. The third-order valence-corrected chi connectivity index (χ3v) is 4.37. The van der Waals surface area contributed by atoms with Crippen molar-refractivity contribution in [1.82, 2.24) is 9.78 Å². The summed E-state index contributed by atoms with van der Waals surface area (Å²) < 4.78 is 41.1. The van der Waals surface area contributed by atoms with Gasteiger partial charge in [-0.05, 0) is 41.3 Å². The molecular formula is C20H17F3N6O. The number of carbonyl (C=O) groups excluding carboxylic acids is 1. The Morgan fingerprint density at radius 3 is 2.30 bits per heavy atom. The first kappa shape index (κ1) is 20.9. The summed E-state index contributed by atoms with van der Waals surface area (Å²) in [5, 5.41) is 7.22. The first-order chi connectivity index (χ1) is 14.3. The molecule has 1 amide bonds. The highest BCUT2D eigenvalue weighted by molar-refractivity contribution is 5.76. The molecule has 0 aliphatic rings. The van der Waals surface area contributed by atoms with E-state index in [1.54, 1.807) is 48.5 Å². The van der Waals surface area contributed by atoms with Crippen LogP contribution in [0.2, 0.25) is 0 Å². The molecule has 0 bridgehead atoms. The molecule has 0 radical (unpaired) electrons. The Morgan fingerprint density at radius 1 is 1.10 bits per heavy atom. The minimum absolute atomic E-state index is 0.0390. The van der Waals surface area contributed by atoms with E-state index in [0.717, 1.165) is 11.6 Å². The van der Waals surface area contributed by atoms with E-state index in [9.17, 15) is 18.0 Å². The maximum absolute atomic E-state index is 13.3. The minimum atomic E-state index is -4.60. The number of aromatic nitrogens is 2. The lowest BCUT2D eigenvalue weighted by Crippen LogP contribution is -2.13. The molecule has 0 saturated carbocycles. The molecule has 0 fully saturated rings. The van der Waals surface area contributed by atoms with Crippen LogP contribution in [-0.4, -0.2) is 22.2 Å². The molecule has 0 unspecified atom stereocenters. The van der Waals surface area contributed by atoms with Crippen LogP contribution in [0.5, 0.6) is 0 Å². The fraction of sp³-hybridized carbons (Fsp3) is 0.200. The topological polar surface area (TPSA) is 110 Å². The molecule has 30 heavy (non-hydrogen) atoms. The van der Waals surface area contributed by atoms with Crippen LogP contribution in [0, 0.1) is 0 Å². The van der Waals surface area contributed by atoms with E-state index in [2.05, 4.69) is 15.1 Å². The maximum atomic E-state index is 13.3. The van der Waals surface area contributed by atoms with E-state index >= 15 is 0 Å². The summed E-state index contributed by atoms with van der Waals surface area (Å²) in [6.45, 7) is 0.295. The van der Waals surface area contributed by atoms with Crippen molar-refractivity contribution in [2.75, 3.05) is 6.54 Å². The van der Waals surface area contributed by atoms with Crippen molar-refractivity contribution in [2.24, 2.45) is 10.8 Å². The van der Waals surface area contributed by atoms with Crippen molar-refractivity contribution in [1.29, 1.82) is 0 Å². The molecule has 2 N–H and O–H groups in total. The molecule has 154 valence electrons. The fourth-order valence-electron chi connectivity index (χ4n) is 2.94. The lowest BCUT2D eigenvalue weighted by molar-refractivity contribution is -0.141. The average molecular weight is 414 g/mol. The molecule has 0 spiro atoms. The third-order valence-electron chi connectivity index (χ3n) is 4.37. The van der Waals surface area contributed by atoms with E-state index in [-0.39, 0.29) is 12.1 Å². The van der Waals surface area contributed by atoms with Gasteiger partial charge in [0.25, 0.3) is 0 Å². The summed E-state index contributed by atoms with van der Waals surface area (Å²) in [5.74, 6) is -0.498. The Balaban J connectivity index is 1.98. The SMILES string of the molecule is [N-]=[N+]=NCCc1ccc(-c2cc(C(F)(F)F)nn2-c2ccc(CC(N)=O)cc2)cc1. The van der Waals surface area contributed by atoms with Gasteiger partial charge < -0.3 is 5.73 Å². The number of carbonyl (C=O) groups is 1. The van der Waals surface area contributed by atoms with Gasteiger partial charge >= 0.3 is 6.18 Å². The number of halogens is 3. The molecule has 7 nitrogen and oxygen atoms in total. The van der Waals surface area contributed by atoms with Crippen LogP contribution in [-0.2, 0) is 23.8 Å². The average Bonchev–Trinajstić information content (AvgIpc) is 3.15. The monoisotopic (exact) mass is 414 g/mol. The first-order valence-electron chi connectivity index (χ1n) is 8.93. The smallest absolute Gasteiger partial charge is 0.369 e. The molecular weight excluding hydrogens is 397 g/mol. The molecule has 10 heteroatoms. The molecule has 3 rings (SSSR count). The summed E-state index contributed by atoms with van der Waals surface area (Å²) in [6.07, 6.45) is -4.03. The molecule has 3 aromatic rings. The highest BCUT2D eigenvalue weighted by atomic mass is 19.4. The van der Waals surface area contributed by atoms with Gasteiger partial charge in [-0.1, -0.05) is 41.5 Å². The summed E-state index contributed by atoms with van der Waals surface area (Å²) in [5.41, 5.74) is 15.3. The summed E-state index contributed by atoms with van der Waals surface area (Å²) >= 11 is 0. The van der Waals surface area contributed by atoms with E-state index in [4.69, 9.17) is 11.3 Å². The van der Waals surface area contributed by atoms with Crippen LogP contribution >= 0.6 is 0 Å². The summed E-state index contributed by atoms with van der Waals surface area (Å²) in [7, 11) is 0. The molecule has 0 atom stereocenters. The van der Waals surface area contributed by atoms with Crippen molar-refractivity contribution in [3.8, 4) is 16.9 Å². The maximum Gasteiger partial charge on any atom is 0.435 e. The largest absolute Gasteiger partial charge is 0.435 e. The predicted molar refractivity (Wildman–Crippen MR) is 105 cm³/mol. The molecule has 0 saturated heterocycles. The zero-order valence-electron chi connectivity index (χ0n) is 15.7. The lowest BCUT2D eigenvalue weighted by atomic mass is 10.1. The van der Waals surface area contributed by atoms with Gasteiger partial charge in [0.1, 0.15) is 0 Å². The third kappa shape index (κ3) is 4.98. The number of primary amides is 1. The minimum Gasteiger partial charge on any atom is -0.369 e. The van der Waals surface area contributed by atoms with Crippen molar-refractivity contribution < 1.29 is 18.0 Å². The lowest BCUT2D eigenvalue weighted by Gasteiger charge is -2.09. The van der Waals surface area contributed by atoms with Crippen molar-refractivity contribution in [3.63, 3.8) is 0 Å². The Labute approximate surface area is 169 Å². The van der Waals surface area contributed by atoms with Crippen LogP contribution in [0.15, 0.2) is 59.7 Å². The van der Waals surface area contributed by atoms with Gasteiger partial charge in [0.05, 0.1) is 17.8 Å². The Kier molecular flexibility index (Phi) is 6.08. The number of hydrogen-bond donors (Lipinski definition) is 1. The second kappa shape index (κ2) is 8.71. The number of azide groups is 1. The van der Waals surface area contributed by atoms with Gasteiger partial charge in [0.15, 0.2) is 5.69 Å². The van der Waals surface area contributed by atoms with Gasteiger partial charge in [-0.3, -0.25) is 4.79 Å². The van der Waals surface area contributed by atoms with Crippen LogP contribution < -0.4 is 5.73 Å². The number of benzene rings is 2. The van der Waals surface area contributed by atoms with Gasteiger partial charge in [-0.2, -0.15) is 18.3 Å². The van der Waals surface area contributed by atoms with Crippen LogP contribution in [0.1, 0.15) is 16.8 Å². The van der Waals surface area contributed by atoms with Crippen molar-refractivity contribution in [2.45, 2.75) is 19.0 Å². The van der Waals surface area contributed by atoms with Crippen molar-refractivity contribution in [3.05, 3.63) is 81.9 Å². The zero-order chi connectivity index (χ0) is 21.7. The fourth-order valence-corrected chi connectivity index (χ4v) is 2.94. The second-order valence-corrected chi connectivity index (χ2v) is 6.54. The molecule has 0 aliphatic heterocycles. The van der Waals surface area contributed by atoms with Gasteiger partial charge in [-0.25, -0.2) is 4.68 Å². The second-order valence-electron chi connectivity index (χ2n) is 6.54. The standard InChI is InChI=1S/C20H17F3N6O/c21-20(22,23)18-12-17(15-5-1-13(2-6-15)9-10-26-28-25)29(27-18)16-7-3-14(4-8-16)11-19(24)30/h1-8,12H,9-11H2,(H2,24,30). The summed E-state index contributed by atoms with van der Waals surface area (Å²) in [4.78, 5) is 13.7. The van der Waals surface area contributed by atoms with Crippen LogP contribution in [0.3, 0.4) is 0 Å². The van der Waals surface area contributed by atoms with Gasteiger partial charge in [0, 0.05) is 17.0 Å². The molecule has 2 aromatic carbocycles. The van der Waals surface area contributed by atoms with E-state index in [0.29, 0.717) is 29.8 Å². The number of alkyl halides is 3. The van der Waals surface area contributed by atoms with E-state index in [1.807, 2.05) is 0 Å². The first-order valence-corrected chi connectivity index (χ1v) is 8.93. The zero-order valence-corrected chi connectivity index (χ0v) is 15.7. The highest BCUT2D eigenvalue weighted by Gasteiger charge is 2.35. The van der Waals surface area contributed by atoms with E-state index < -0.39 is 17.8 Å². The Morgan fingerprint density at radius 2 is 1.73 bits per heavy atom. The van der Waals surface area contributed by atoms with Gasteiger partial charge in [0.2, 0.25) is 5.91 Å². The molecule has 1 heterocycles. The quantitative estimate of drug-likeness (QED) is 0.350. The highest BCUT2D eigenvalue weighted by Crippen LogP contribution is 2.33. The summed E-state index contributed by atoms with van der Waals surface area (Å²) in [6, 6.07) is 14.3. The van der Waals surface area contributed by atoms with Crippen molar-refractivity contribution >= 4 is 5.91 Å². The molecule has 0 aliphatic carbocycles. The normalized spacial score (nSPS) is 11.2. The Bertz CT molecular complexity index is 1080. The van der Waals surface area contributed by atoms with Crippen LogP contribution in [0.4, 0.5) is 13.2 Å². The predicted octanol–water partition coefficient (Wildman–Crippen LogP) is 4.44.